The van der Waals surface area contributed by atoms with E-state index in [4.69, 9.17) is 5.73 Å². The highest BCUT2D eigenvalue weighted by Gasteiger charge is 2.24. The molecular formula is C12H14BrN5O2. The van der Waals surface area contributed by atoms with Crippen LogP contribution in [0.2, 0.25) is 0 Å². The Morgan fingerprint density at radius 3 is 2.60 bits per heavy atom. The second-order valence-electron chi connectivity index (χ2n) is 5.14. The van der Waals surface area contributed by atoms with Crippen LogP contribution in [0.3, 0.4) is 0 Å². The number of hydrogen-bond donors (Lipinski definition) is 1. The van der Waals surface area contributed by atoms with Crippen LogP contribution in [-0.2, 0) is 5.54 Å². The first kappa shape index (κ1) is 14.6. The molecule has 8 heteroatoms. The molecule has 0 saturated carbocycles. The Hall–Kier alpha value is -1.80. The predicted octanol–water partition coefficient (Wildman–Crippen LogP) is 2.44. The molecule has 2 rings (SSSR count). The van der Waals surface area contributed by atoms with Gasteiger partial charge in [0.15, 0.2) is 5.69 Å². The lowest BCUT2D eigenvalue weighted by molar-refractivity contribution is -0.384. The van der Waals surface area contributed by atoms with Gasteiger partial charge >= 0.3 is 0 Å². The summed E-state index contributed by atoms with van der Waals surface area (Å²) in [6.45, 7) is 5.37. The van der Waals surface area contributed by atoms with Crippen molar-refractivity contribution in [2.75, 3.05) is 0 Å². The van der Waals surface area contributed by atoms with Crippen LogP contribution in [0.4, 0.5) is 5.69 Å². The van der Waals surface area contributed by atoms with Crippen LogP contribution in [0.25, 0.3) is 5.69 Å². The van der Waals surface area contributed by atoms with E-state index < -0.39 is 10.5 Å². The van der Waals surface area contributed by atoms with E-state index in [1.807, 2.05) is 0 Å². The Kier molecular flexibility index (Phi) is 3.61. The quantitative estimate of drug-likeness (QED) is 0.683. The second kappa shape index (κ2) is 4.95. The average molecular weight is 340 g/mol. The maximum Gasteiger partial charge on any atom is 0.296 e. The van der Waals surface area contributed by atoms with Crippen molar-refractivity contribution in [1.82, 2.24) is 15.0 Å². The summed E-state index contributed by atoms with van der Waals surface area (Å²) in [5, 5.41) is 19.1. The van der Waals surface area contributed by atoms with Crippen molar-refractivity contribution >= 4 is 21.6 Å². The van der Waals surface area contributed by atoms with Gasteiger partial charge in [0.05, 0.1) is 21.1 Å². The van der Waals surface area contributed by atoms with Crippen molar-refractivity contribution in [3.63, 3.8) is 0 Å². The van der Waals surface area contributed by atoms with Gasteiger partial charge in [0.1, 0.15) is 5.69 Å². The maximum atomic E-state index is 11.2. The Morgan fingerprint density at radius 2 is 2.10 bits per heavy atom. The maximum absolute atomic E-state index is 11.2. The monoisotopic (exact) mass is 339 g/mol. The minimum atomic E-state index is -0.662. The number of benzene rings is 1. The molecule has 1 aromatic carbocycles. The largest absolute Gasteiger partial charge is 0.320 e. The number of nitrogens with two attached hydrogens (primary N) is 1. The van der Waals surface area contributed by atoms with Crippen molar-refractivity contribution in [1.29, 1.82) is 0 Å². The summed E-state index contributed by atoms with van der Waals surface area (Å²) < 4.78 is 1.95. The van der Waals surface area contributed by atoms with Crippen molar-refractivity contribution < 1.29 is 4.92 Å². The van der Waals surface area contributed by atoms with E-state index in [0.29, 0.717) is 15.9 Å². The second-order valence-corrected chi connectivity index (χ2v) is 6.00. The highest BCUT2D eigenvalue weighted by atomic mass is 79.9. The van der Waals surface area contributed by atoms with Gasteiger partial charge in [0.25, 0.3) is 5.69 Å². The molecule has 1 aromatic heterocycles. The Morgan fingerprint density at radius 1 is 1.45 bits per heavy atom. The Balaban J connectivity index is 2.63. The summed E-state index contributed by atoms with van der Waals surface area (Å²) in [6, 6.07) is 3.28. The number of rotatable bonds is 3. The standard InChI is InChI=1S/C12H14BrN5O2/c1-7-4-8(13)11(9(5-7)18(19)20)17-6-10(15-16-17)12(2,3)14/h4-6H,14H2,1-3H3. The molecule has 7 nitrogen and oxygen atoms in total. The van der Waals surface area contributed by atoms with Gasteiger partial charge in [-0.05, 0) is 48.3 Å². The van der Waals surface area contributed by atoms with Crippen LogP contribution < -0.4 is 5.73 Å². The lowest BCUT2D eigenvalue weighted by Gasteiger charge is -2.13. The first-order valence-electron chi connectivity index (χ1n) is 5.87. The smallest absolute Gasteiger partial charge is 0.296 e. The molecule has 0 aliphatic heterocycles. The zero-order valence-corrected chi connectivity index (χ0v) is 12.9. The average Bonchev–Trinajstić information content (AvgIpc) is 2.76. The zero-order chi connectivity index (χ0) is 15.1. The highest BCUT2D eigenvalue weighted by Crippen LogP contribution is 2.32. The Labute approximate surface area is 124 Å². The number of aromatic nitrogens is 3. The molecule has 0 radical (unpaired) electrons. The number of nitro benzene ring substituents is 1. The van der Waals surface area contributed by atoms with Crippen LogP contribution in [0, 0.1) is 17.0 Å². The molecule has 2 aromatic rings. The fourth-order valence-electron chi connectivity index (χ4n) is 1.75. The van der Waals surface area contributed by atoms with Crippen LogP contribution in [-0.4, -0.2) is 19.9 Å². The van der Waals surface area contributed by atoms with Crippen LogP contribution in [0.1, 0.15) is 25.1 Å². The highest BCUT2D eigenvalue weighted by molar-refractivity contribution is 9.10. The van der Waals surface area contributed by atoms with Gasteiger partial charge in [-0.15, -0.1) is 5.10 Å². The SMILES string of the molecule is Cc1cc(Br)c(-n2cc(C(C)(C)N)nn2)c([N+](=O)[O-])c1. The lowest BCUT2D eigenvalue weighted by Crippen LogP contribution is -2.29. The van der Waals surface area contributed by atoms with E-state index >= 15 is 0 Å². The summed E-state index contributed by atoms with van der Waals surface area (Å²) in [7, 11) is 0. The summed E-state index contributed by atoms with van der Waals surface area (Å²) in [6.07, 6.45) is 1.60. The predicted molar refractivity (Wildman–Crippen MR) is 77.7 cm³/mol. The fraction of sp³-hybridized carbons (Fsp3) is 0.333. The molecule has 0 fully saturated rings. The van der Waals surface area contributed by atoms with Crippen molar-refractivity contribution in [3.8, 4) is 5.69 Å². The van der Waals surface area contributed by atoms with E-state index in [2.05, 4.69) is 26.2 Å². The molecule has 0 bridgehead atoms. The lowest BCUT2D eigenvalue weighted by atomic mass is 10.0. The molecular weight excluding hydrogens is 326 g/mol. The molecule has 2 N–H and O–H groups in total. The minimum absolute atomic E-state index is 0.0387. The van der Waals surface area contributed by atoms with Crippen molar-refractivity contribution in [2.24, 2.45) is 5.73 Å². The van der Waals surface area contributed by atoms with E-state index in [1.54, 1.807) is 33.0 Å². The number of aryl methyl sites for hydroxylation is 1. The first-order chi connectivity index (χ1) is 9.20. The van der Waals surface area contributed by atoms with E-state index in [-0.39, 0.29) is 5.69 Å². The van der Waals surface area contributed by atoms with Gasteiger partial charge in [-0.2, -0.15) is 0 Å². The van der Waals surface area contributed by atoms with Crippen molar-refractivity contribution in [3.05, 3.63) is 44.2 Å². The normalized spacial score (nSPS) is 11.7. The summed E-state index contributed by atoms with van der Waals surface area (Å²) >= 11 is 3.34. The van der Waals surface area contributed by atoms with Crippen LogP contribution in [0.15, 0.2) is 22.8 Å². The van der Waals surface area contributed by atoms with Gasteiger partial charge in [-0.3, -0.25) is 10.1 Å². The number of hydrogen-bond acceptors (Lipinski definition) is 5. The molecule has 0 spiro atoms. The van der Waals surface area contributed by atoms with Crippen LogP contribution >= 0.6 is 15.9 Å². The molecule has 0 aliphatic carbocycles. The third kappa shape index (κ3) is 2.70. The number of halogens is 1. The molecule has 0 atom stereocenters. The summed E-state index contributed by atoms with van der Waals surface area (Å²) in [5.74, 6) is 0. The number of nitro groups is 1. The van der Waals surface area contributed by atoms with Gasteiger partial charge in [0, 0.05) is 6.07 Å². The molecule has 106 valence electrons. The topological polar surface area (TPSA) is 99.9 Å². The van der Waals surface area contributed by atoms with Gasteiger partial charge in [-0.25, -0.2) is 4.68 Å². The first-order valence-corrected chi connectivity index (χ1v) is 6.66. The zero-order valence-electron chi connectivity index (χ0n) is 11.3. The number of nitrogens with zero attached hydrogens (tertiary/aromatic N) is 4. The molecule has 0 aliphatic rings. The molecule has 0 saturated heterocycles. The van der Waals surface area contributed by atoms with E-state index in [0.717, 1.165) is 5.56 Å². The molecule has 20 heavy (non-hydrogen) atoms. The molecule has 0 amide bonds. The van der Waals surface area contributed by atoms with Gasteiger partial charge < -0.3 is 5.73 Å². The molecule has 0 unspecified atom stereocenters. The summed E-state index contributed by atoms with van der Waals surface area (Å²) in [4.78, 5) is 10.8. The van der Waals surface area contributed by atoms with Crippen molar-refractivity contribution in [2.45, 2.75) is 26.3 Å². The fourth-order valence-corrected chi connectivity index (χ4v) is 2.50. The van der Waals surface area contributed by atoms with Gasteiger partial charge in [-0.1, -0.05) is 5.21 Å². The van der Waals surface area contributed by atoms with E-state index in [1.165, 1.54) is 10.7 Å². The van der Waals surface area contributed by atoms with Gasteiger partial charge in [0.2, 0.25) is 0 Å². The van der Waals surface area contributed by atoms with Crippen LogP contribution in [0.5, 0.6) is 0 Å². The minimum Gasteiger partial charge on any atom is -0.320 e. The third-order valence-corrected chi connectivity index (χ3v) is 3.37. The molecule has 1 heterocycles. The third-order valence-electron chi connectivity index (χ3n) is 2.77. The van der Waals surface area contributed by atoms with E-state index in [9.17, 15) is 10.1 Å². The summed E-state index contributed by atoms with van der Waals surface area (Å²) in [5.41, 5.74) is 6.92. The Bertz CT molecular complexity index is 675.